The van der Waals surface area contributed by atoms with Crippen LogP contribution in [0.5, 0.6) is 5.75 Å². The molecule has 1 heterocycles. The Labute approximate surface area is 190 Å². The van der Waals surface area contributed by atoms with E-state index in [-0.39, 0.29) is 17.7 Å². The lowest BCUT2D eigenvalue weighted by Crippen LogP contribution is -2.40. The first-order valence-corrected chi connectivity index (χ1v) is 11.5. The standard InChI is InChI=1S/C23H24ClN3O3S/c1-15(17-5-6-17)27(13-16-3-11-20(29-2)12-4-16)21(28)14-31-23-26-25-22(30-23)18-7-9-19(24)10-8-18/h3-4,7-12,15,17H,5-6,13-14H2,1-2H3. The Bertz CT molecular complexity index is 1020. The average molecular weight is 458 g/mol. The molecular formula is C23H24ClN3O3S. The highest BCUT2D eigenvalue weighted by Gasteiger charge is 2.34. The zero-order chi connectivity index (χ0) is 21.8. The van der Waals surface area contributed by atoms with E-state index < -0.39 is 0 Å². The molecule has 31 heavy (non-hydrogen) atoms. The molecule has 1 saturated carbocycles. The van der Waals surface area contributed by atoms with Gasteiger partial charge in [-0.05, 0) is 67.6 Å². The molecule has 0 spiro atoms. The number of hydrogen-bond donors (Lipinski definition) is 0. The molecule has 6 nitrogen and oxygen atoms in total. The molecule has 0 aliphatic heterocycles. The van der Waals surface area contributed by atoms with Gasteiger partial charge in [-0.1, -0.05) is 35.5 Å². The summed E-state index contributed by atoms with van der Waals surface area (Å²) in [4.78, 5) is 15.1. The van der Waals surface area contributed by atoms with Gasteiger partial charge in [-0.15, -0.1) is 10.2 Å². The number of benzene rings is 2. The number of rotatable bonds is 9. The summed E-state index contributed by atoms with van der Waals surface area (Å²) in [6, 6.07) is 15.2. The average Bonchev–Trinajstić information content (AvgIpc) is 3.54. The van der Waals surface area contributed by atoms with E-state index in [9.17, 15) is 4.79 Å². The van der Waals surface area contributed by atoms with Gasteiger partial charge in [0.25, 0.3) is 5.22 Å². The van der Waals surface area contributed by atoms with Gasteiger partial charge in [0.15, 0.2) is 0 Å². The summed E-state index contributed by atoms with van der Waals surface area (Å²) >= 11 is 7.19. The van der Waals surface area contributed by atoms with Crippen LogP contribution in [-0.4, -0.2) is 39.9 Å². The molecule has 1 aliphatic carbocycles. The van der Waals surface area contributed by atoms with Crippen LogP contribution in [0.2, 0.25) is 5.02 Å². The molecule has 4 rings (SSSR count). The third-order valence-electron chi connectivity index (χ3n) is 5.44. The van der Waals surface area contributed by atoms with E-state index in [4.69, 9.17) is 20.8 Å². The topological polar surface area (TPSA) is 68.5 Å². The van der Waals surface area contributed by atoms with E-state index in [0.29, 0.717) is 28.6 Å². The van der Waals surface area contributed by atoms with Gasteiger partial charge in [0.1, 0.15) is 5.75 Å². The van der Waals surface area contributed by atoms with Gasteiger partial charge >= 0.3 is 0 Å². The fourth-order valence-electron chi connectivity index (χ4n) is 3.40. The van der Waals surface area contributed by atoms with Gasteiger partial charge in [0.2, 0.25) is 11.8 Å². The van der Waals surface area contributed by atoms with Crippen LogP contribution in [0.25, 0.3) is 11.5 Å². The molecule has 0 bridgehead atoms. The summed E-state index contributed by atoms with van der Waals surface area (Å²) in [7, 11) is 1.65. The SMILES string of the molecule is COc1ccc(CN(C(=O)CSc2nnc(-c3ccc(Cl)cc3)o2)C(C)C2CC2)cc1. The van der Waals surface area contributed by atoms with Crippen LogP contribution < -0.4 is 4.74 Å². The molecule has 162 valence electrons. The monoisotopic (exact) mass is 457 g/mol. The van der Waals surface area contributed by atoms with Gasteiger partial charge in [0.05, 0.1) is 12.9 Å². The van der Waals surface area contributed by atoms with E-state index in [1.807, 2.05) is 41.3 Å². The molecule has 1 atom stereocenters. The number of amides is 1. The molecule has 0 radical (unpaired) electrons. The zero-order valence-corrected chi connectivity index (χ0v) is 19.0. The second-order valence-electron chi connectivity index (χ2n) is 7.62. The number of methoxy groups -OCH3 is 1. The van der Waals surface area contributed by atoms with Gasteiger partial charge in [-0.3, -0.25) is 4.79 Å². The Hall–Kier alpha value is -2.51. The highest BCUT2D eigenvalue weighted by molar-refractivity contribution is 7.99. The number of aromatic nitrogens is 2. The number of carbonyl (C=O) groups is 1. The lowest BCUT2D eigenvalue weighted by atomic mass is 10.1. The molecule has 1 amide bonds. The predicted molar refractivity (Wildman–Crippen MR) is 121 cm³/mol. The highest BCUT2D eigenvalue weighted by Crippen LogP contribution is 2.36. The fraction of sp³-hybridized carbons (Fsp3) is 0.348. The minimum absolute atomic E-state index is 0.0615. The normalized spacial score (nSPS) is 14.3. The Morgan fingerprint density at radius 2 is 1.90 bits per heavy atom. The van der Waals surface area contributed by atoms with E-state index in [2.05, 4.69) is 17.1 Å². The maximum Gasteiger partial charge on any atom is 0.277 e. The van der Waals surface area contributed by atoms with Crippen molar-refractivity contribution in [1.29, 1.82) is 0 Å². The summed E-state index contributed by atoms with van der Waals surface area (Å²) < 4.78 is 10.9. The Balaban J connectivity index is 1.40. The van der Waals surface area contributed by atoms with Crippen LogP contribution in [0.3, 0.4) is 0 Å². The first-order valence-electron chi connectivity index (χ1n) is 10.2. The van der Waals surface area contributed by atoms with Gasteiger partial charge in [-0.25, -0.2) is 0 Å². The molecule has 0 N–H and O–H groups in total. The highest BCUT2D eigenvalue weighted by atomic mass is 35.5. The summed E-state index contributed by atoms with van der Waals surface area (Å²) in [6.45, 7) is 2.70. The van der Waals surface area contributed by atoms with Crippen molar-refractivity contribution in [3.63, 3.8) is 0 Å². The van der Waals surface area contributed by atoms with Crippen LogP contribution in [0.1, 0.15) is 25.3 Å². The molecule has 1 aliphatic rings. The smallest absolute Gasteiger partial charge is 0.277 e. The van der Waals surface area contributed by atoms with Crippen molar-refractivity contribution in [3.05, 3.63) is 59.1 Å². The van der Waals surface area contributed by atoms with Crippen LogP contribution in [0, 0.1) is 5.92 Å². The van der Waals surface area contributed by atoms with Crippen LogP contribution in [0.4, 0.5) is 0 Å². The minimum atomic E-state index is 0.0615. The number of thioether (sulfide) groups is 1. The molecule has 1 aromatic heterocycles. The number of halogens is 1. The predicted octanol–water partition coefficient (Wildman–Crippen LogP) is 5.32. The third-order valence-corrected chi connectivity index (χ3v) is 6.50. The van der Waals surface area contributed by atoms with Crippen molar-refractivity contribution in [2.45, 2.75) is 37.6 Å². The second-order valence-corrected chi connectivity index (χ2v) is 8.98. The second kappa shape index (κ2) is 9.75. The lowest BCUT2D eigenvalue weighted by Gasteiger charge is -2.29. The van der Waals surface area contributed by atoms with Gasteiger partial charge in [0, 0.05) is 23.2 Å². The van der Waals surface area contributed by atoms with Gasteiger partial charge < -0.3 is 14.1 Å². The minimum Gasteiger partial charge on any atom is -0.497 e. The summed E-state index contributed by atoms with van der Waals surface area (Å²) in [5, 5.41) is 9.17. The Kier molecular flexibility index (Phi) is 6.83. The maximum atomic E-state index is 13.1. The van der Waals surface area contributed by atoms with E-state index in [1.165, 1.54) is 24.6 Å². The molecule has 2 aromatic carbocycles. The van der Waals surface area contributed by atoms with E-state index in [0.717, 1.165) is 16.9 Å². The molecule has 1 unspecified atom stereocenters. The summed E-state index contributed by atoms with van der Waals surface area (Å²) in [5.41, 5.74) is 1.87. The van der Waals surface area contributed by atoms with E-state index in [1.54, 1.807) is 19.2 Å². The largest absolute Gasteiger partial charge is 0.497 e. The molecule has 1 fully saturated rings. The molecule has 8 heteroatoms. The van der Waals surface area contributed by atoms with Crippen molar-refractivity contribution >= 4 is 29.3 Å². The first-order chi connectivity index (χ1) is 15.0. The third kappa shape index (κ3) is 5.60. The van der Waals surface area contributed by atoms with Gasteiger partial charge in [-0.2, -0.15) is 0 Å². The molecule has 0 saturated heterocycles. The van der Waals surface area contributed by atoms with E-state index >= 15 is 0 Å². The number of carbonyl (C=O) groups excluding carboxylic acids is 1. The quantitative estimate of drug-likeness (QED) is 0.405. The summed E-state index contributed by atoms with van der Waals surface area (Å²) in [5.74, 6) is 2.10. The molecule has 3 aromatic rings. The van der Waals surface area contributed by atoms with Crippen molar-refractivity contribution in [1.82, 2.24) is 15.1 Å². The molecular weight excluding hydrogens is 434 g/mol. The number of ether oxygens (including phenoxy) is 1. The number of nitrogens with zero attached hydrogens (tertiary/aromatic N) is 3. The van der Waals surface area contributed by atoms with Crippen molar-refractivity contribution in [3.8, 4) is 17.2 Å². The first kappa shape index (κ1) is 21.7. The lowest BCUT2D eigenvalue weighted by molar-refractivity contribution is -0.131. The van der Waals surface area contributed by atoms with Crippen LogP contribution >= 0.6 is 23.4 Å². The van der Waals surface area contributed by atoms with Crippen LogP contribution in [-0.2, 0) is 11.3 Å². The Morgan fingerprint density at radius 3 is 2.55 bits per heavy atom. The van der Waals surface area contributed by atoms with Crippen molar-refractivity contribution in [2.75, 3.05) is 12.9 Å². The number of hydrogen-bond acceptors (Lipinski definition) is 6. The fourth-order valence-corrected chi connectivity index (χ4v) is 4.18. The van der Waals surface area contributed by atoms with Crippen molar-refractivity contribution < 1.29 is 13.9 Å². The van der Waals surface area contributed by atoms with Crippen LogP contribution in [0.15, 0.2) is 58.2 Å². The zero-order valence-electron chi connectivity index (χ0n) is 17.5. The van der Waals surface area contributed by atoms with Crippen molar-refractivity contribution in [2.24, 2.45) is 5.92 Å². The maximum absolute atomic E-state index is 13.1. The summed E-state index contributed by atoms with van der Waals surface area (Å²) in [6.07, 6.45) is 2.35. The Morgan fingerprint density at radius 1 is 1.19 bits per heavy atom.